The van der Waals surface area contributed by atoms with Gasteiger partial charge < -0.3 is 25.1 Å². The molecule has 0 saturated carbocycles. The molecule has 5 unspecified atom stereocenters. The molecule has 0 bridgehead atoms. The molecule has 9 heteroatoms. The lowest BCUT2D eigenvalue weighted by molar-refractivity contribution is -0.149. The highest BCUT2D eigenvalue weighted by atomic mass is 16.6. The smallest absolute Gasteiger partial charge is 0.321 e. The van der Waals surface area contributed by atoms with E-state index in [1.807, 2.05) is 20.8 Å². The second kappa shape index (κ2) is 14.6. The Labute approximate surface area is 213 Å². The molecule has 0 aromatic heterocycles. The molecule has 0 spiro atoms. The fraction of sp³-hybridized carbons (Fsp3) is 0.630. The van der Waals surface area contributed by atoms with Gasteiger partial charge >= 0.3 is 23.9 Å². The number of carbonyl (C=O) groups excluding carboxylic acids is 3. The highest BCUT2D eigenvalue weighted by molar-refractivity contribution is 5.79. The summed E-state index contributed by atoms with van der Waals surface area (Å²) in [6, 6.07) is 3.20. The van der Waals surface area contributed by atoms with Crippen LogP contribution in [0.4, 0.5) is 0 Å². The second-order valence-corrected chi connectivity index (χ2v) is 9.47. The Morgan fingerprint density at radius 2 is 1.28 bits per heavy atom. The van der Waals surface area contributed by atoms with Gasteiger partial charge in [-0.1, -0.05) is 54.5 Å². The van der Waals surface area contributed by atoms with E-state index in [0.29, 0.717) is 24.8 Å². The van der Waals surface area contributed by atoms with E-state index in [4.69, 9.17) is 19.9 Å². The van der Waals surface area contributed by atoms with Crippen molar-refractivity contribution in [3.63, 3.8) is 0 Å². The Morgan fingerprint density at radius 1 is 0.806 bits per heavy atom. The van der Waals surface area contributed by atoms with Crippen LogP contribution in [-0.2, 0) is 23.9 Å². The predicted molar refractivity (Wildman–Crippen MR) is 135 cm³/mol. The average Bonchev–Trinajstić information content (AvgIpc) is 2.86. The number of aliphatic carboxylic acids is 1. The molecule has 202 valence electrons. The minimum atomic E-state index is -1.33. The Bertz CT molecular complexity index is 915. The lowest BCUT2D eigenvalue weighted by atomic mass is 9.82. The standard InChI is InChI=1S/C27H41NO8/c1-8-15(4)25(31)34-14-18(7)22(23(28)24(29)30)19-11-12-20(35-26(32)16(5)9-2)21(13-19)36-27(33)17(6)10-3/h11-13,15-18,22-23H,8-10,14,28H2,1-7H3,(H,29,30)/t15?,16?,17?,18?,22?,23-/m0/s1. The number of hydrogen-bond acceptors (Lipinski definition) is 8. The summed E-state index contributed by atoms with van der Waals surface area (Å²) < 4.78 is 16.5. The van der Waals surface area contributed by atoms with Crippen LogP contribution in [0.25, 0.3) is 0 Å². The van der Waals surface area contributed by atoms with Crippen molar-refractivity contribution in [1.29, 1.82) is 0 Å². The van der Waals surface area contributed by atoms with Crippen molar-refractivity contribution in [2.45, 2.75) is 79.7 Å². The summed E-state index contributed by atoms with van der Waals surface area (Å²) in [5.41, 5.74) is 6.50. The molecular weight excluding hydrogens is 466 g/mol. The van der Waals surface area contributed by atoms with Crippen LogP contribution in [0, 0.1) is 23.7 Å². The molecule has 0 aliphatic heterocycles. The summed E-state index contributed by atoms with van der Waals surface area (Å²) in [4.78, 5) is 49.0. The van der Waals surface area contributed by atoms with Gasteiger partial charge in [0.1, 0.15) is 6.04 Å². The third kappa shape index (κ3) is 8.62. The molecule has 0 aliphatic rings. The molecule has 0 radical (unpaired) electrons. The van der Waals surface area contributed by atoms with Gasteiger partial charge in [-0.3, -0.25) is 19.2 Å². The highest BCUT2D eigenvalue weighted by Crippen LogP contribution is 2.36. The van der Waals surface area contributed by atoms with Crippen LogP contribution in [0.15, 0.2) is 18.2 Å². The van der Waals surface area contributed by atoms with Crippen molar-refractivity contribution in [3.8, 4) is 11.5 Å². The van der Waals surface area contributed by atoms with Gasteiger partial charge in [-0.15, -0.1) is 0 Å². The summed E-state index contributed by atoms with van der Waals surface area (Å²) >= 11 is 0. The summed E-state index contributed by atoms with van der Waals surface area (Å²) in [5, 5.41) is 9.66. The zero-order chi connectivity index (χ0) is 27.6. The number of esters is 3. The Balaban J connectivity index is 3.42. The van der Waals surface area contributed by atoms with Crippen LogP contribution in [0.1, 0.15) is 79.2 Å². The Hall–Kier alpha value is -2.94. The van der Waals surface area contributed by atoms with E-state index >= 15 is 0 Å². The SMILES string of the molecule is CCC(C)C(=O)OCC(C)C(c1ccc(OC(=O)C(C)CC)c(OC(=O)C(C)CC)c1)[C@H](N)C(=O)O. The van der Waals surface area contributed by atoms with Gasteiger partial charge in [0.25, 0.3) is 0 Å². The van der Waals surface area contributed by atoms with Crippen molar-refractivity contribution >= 4 is 23.9 Å². The lowest BCUT2D eigenvalue weighted by Crippen LogP contribution is -2.41. The maximum absolute atomic E-state index is 12.6. The Morgan fingerprint density at radius 3 is 1.75 bits per heavy atom. The van der Waals surface area contributed by atoms with Crippen LogP contribution < -0.4 is 15.2 Å². The average molecular weight is 508 g/mol. The first kappa shape index (κ1) is 31.1. The monoisotopic (exact) mass is 507 g/mol. The Kier molecular flexibility index (Phi) is 12.6. The molecule has 0 heterocycles. The largest absolute Gasteiger partial charge is 0.480 e. The number of carboxylic acid groups (broad SMARTS) is 1. The summed E-state index contributed by atoms with van der Waals surface area (Å²) in [7, 11) is 0. The molecule has 0 aliphatic carbocycles. The van der Waals surface area contributed by atoms with Gasteiger partial charge in [-0.2, -0.15) is 0 Å². The fourth-order valence-electron chi connectivity index (χ4n) is 3.32. The third-order valence-electron chi connectivity index (χ3n) is 6.59. The number of hydrogen-bond donors (Lipinski definition) is 2. The molecule has 1 aromatic carbocycles. The first-order valence-corrected chi connectivity index (χ1v) is 12.6. The molecule has 3 N–H and O–H groups in total. The highest BCUT2D eigenvalue weighted by Gasteiger charge is 2.33. The fourth-order valence-corrected chi connectivity index (χ4v) is 3.32. The summed E-state index contributed by atoms with van der Waals surface area (Å²) in [6.45, 7) is 12.5. The molecule has 36 heavy (non-hydrogen) atoms. The van der Waals surface area contributed by atoms with Crippen molar-refractivity contribution in [1.82, 2.24) is 0 Å². The molecule has 6 atom stereocenters. The molecule has 0 saturated heterocycles. The molecule has 1 rings (SSSR count). The molecule has 0 fully saturated rings. The predicted octanol–water partition coefficient (Wildman–Crippen LogP) is 4.31. The number of carboxylic acids is 1. The number of rotatable bonds is 14. The van der Waals surface area contributed by atoms with Gasteiger partial charge in [0.2, 0.25) is 0 Å². The quantitative estimate of drug-likeness (QED) is 0.278. The first-order valence-electron chi connectivity index (χ1n) is 12.6. The summed E-state index contributed by atoms with van der Waals surface area (Å²) in [5.74, 6) is -4.84. The van der Waals surface area contributed by atoms with Gasteiger partial charge in [-0.05, 0) is 42.9 Å². The van der Waals surface area contributed by atoms with E-state index < -0.39 is 41.7 Å². The number of nitrogens with two attached hydrogens (primary N) is 1. The minimum absolute atomic E-state index is 0.000779. The first-order chi connectivity index (χ1) is 16.9. The van der Waals surface area contributed by atoms with Crippen LogP contribution in [-0.4, -0.2) is 41.6 Å². The summed E-state index contributed by atoms with van der Waals surface area (Å²) in [6.07, 6.45) is 1.74. The van der Waals surface area contributed by atoms with Crippen molar-refractivity contribution in [2.24, 2.45) is 29.4 Å². The van der Waals surface area contributed by atoms with Crippen molar-refractivity contribution < 1.29 is 38.5 Å². The maximum atomic E-state index is 12.6. The van der Waals surface area contributed by atoms with Crippen molar-refractivity contribution in [2.75, 3.05) is 6.61 Å². The normalized spacial score (nSPS) is 16.1. The maximum Gasteiger partial charge on any atom is 0.321 e. The van der Waals surface area contributed by atoms with E-state index in [9.17, 15) is 24.3 Å². The minimum Gasteiger partial charge on any atom is -0.480 e. The zero-order valence-electron chi connectivity index (χ0n) is 22.4. The lowest BCUT2D eigenvalue weighted by Gasteiger charge is -2.28. The van der Waals surface area contributed by atoms with Gasteiger partial charge in [0.15, 0.2) is 11.5 Å². The van der Waals surface area contributed by atoms with Crippen LogP contribution in [0.3, 0.4) is 0 Å². The van der Waals surface area contributed by atoms with Crippen LogP contribution >= 0.6 is 0 Å². The molecule has 9 nitrogen and oxygen atoms in total. The van der Waals surface area contributed by atoms with Gasteiger partial charge in [-0.25, -0.2) is 0 Å². The molecule has 1 aromatic rings. The van der Waals surface area contributed by atoms with Crippen molar-refractivity contribution in [3.05, 3.63) is 23.8 Å². The topological polar surface area (TPSA) is 142 Å². The van der Waals surface area contributed by atoms with Gasteiger partial charge in [0, 0.05) is 5.92 Å². The molecular formula is C27H41NO8. The van der Waals surface area contributed by atoms with Crippen LogP contribution in [0.5, 0.6) is 11.5 Å². The second-order valence-electron chi connectivity index (χ2n) is 9.47. The van der Waals surface area contributed by atoms with Gasteiger partial charge in [0.05, 0.1) is 24.4 Å². The van der Waals surface area contributed by atoms with E-state index in [1.54, 1.807) is 33.8 Å². The number of benzene rings is 1. The third-order valence-corrected chi connectivity index (χ3v) is 6.59. The van der Waals surface area contributed by atoms with Crippen LogP contribution in [0.2, 0.25) is 0 Å². The number of carbonyl (C=O) groups is 4. The molecule has 0 amide bonds. The van der Waals surface area contributed by atoms with E-state index in [1.165, 1.54) is 12.1 Å². The van der Waals surface area contributed by atoms with E-state index in [-0.39, 0.29) is 35.9 Å². The van der Waals surface area contributed by atoms with E-state index in [2.05, 4.69) is 0 Å². The van der Waals surface area contributed by atoms with E-state index in [0.717, 1.165) is 0 Å². The number of ether oxygens (including phenoxy) is 3. The zero-order valence-corrected chi connectivity index (χ0v) is 22.4.